The van der Waals surface area contributed by atoms with E-state index in [1.165, 1.54) is 0 Å². The van der Waals surface area contributed by atoms with Crippen LogP contribution in [0.1, 0.15) is 19.5 Å². The van der Waals surface area contributed by atoms with Gasteiger partial charge in [-0.25, -0.2) is 4.98 Å². The molecule has 0 aliphatic heterocycles. The molecule has 0 amide bonds. The first-order valence-corrected chi connectivity index (χ1v) is 5.81. The molecule has 1 N–H and O–H groups in total. The third-order valence-corrected chi connectivity index (χ3v) is 2.34. The molecule has 0 spiro atoms. The Morgan fingerprint density at radius 3 is 2.70 bits per heavy atom. The highest BCUT2D eigenvalue weighted by Gasteiger charge is 2.34. The van der Waals surface area contributed by atoms with Crippen LogP contribution in [0.5, 0.6) is 0 Å². The third kappa shape index (κ3) is 4.34. The number of anilines is 1. The van der Waals surface area contributed by atoms with Gasteiger partial charge in [-0.05, 0) is 19.9 Å². The van der Waals surface area contributed by atoms with Crippen LogP contribution in [-0.4, -0.2) is 29.2 Å². The fraction of sp³-hybridized carbons (Fsp3) is 0.545. The SMILES string of the molecule is CCOCC(C)Nc1cc(C(F)(F)F)ncc1[N+](=O)[O-]. The minimum Gasteiger partial charge on any atom is -0.380 e. The van der Waals surface area contributed by atoms with Gasteiger partial charge in [0.1, 0.15) is 17.6 Å². The summed E-state index contributed by atoms with van der Waals surface area (Å²) in [6, 6.07) is 0.248. The minimum absolute atomic E-state index is 0.220. The van der Waals surface area contributed by atoms with E-state index in [1.807, 2.05) is 0 Å². The zero-order chi connectivity index (χ0) is 15.3. The summed E-state index contributed by atoms with van der Waals surface area (Å²) in [5.41, 5.74) is -1.93. The molecule has 0 bridgehead atoms. The monoisotopic (exact) mass is 293 g/mol. The maximum Gasteiger partial charge on any atom is 0.433 e. The highest BCUT2D eigenvalue weighted by atomic mass is 19.4. The van der Waals surface area contributed by atoms with Gasteiger partial charge in [0, 0.05) is 12.6 Å². The van der Waals surface area contributed by atoms with Gasteiger partial charge >= 0.3 is 11.9 Å². The minimum atomic E-state index is -4.66. The van der Waals surface area contributed by atoms with Crippen molar-refractivity contribution in [1.29, 1.82) is 0 Å². The molecule has 1 aromatic heterocycles. The number of pyridine rings is 1. The van der Waals surface area contributed by atoms with E-state index in [1.54, 1.807) is 13.8 Å². The number of nitrogens with one attached hydrogen (secondary N) is 1. The molecule has 0 saturated heterocycles. The summed E-state index contributed by atoms with van der Waals surface area (Å²) in [7, 11) is 0. The van der Waals surface area contributed by atoms with Crippen LogP contribution in [0.4, 0.5) is 24.5 Å². The second-order valence-corrected chi connectivity index (χ2v) is 4.05. The number of halogens is 3. The second-order valence-electron chi connectivity index (χ2n) is 4.05. The van der Waals surface area contributed by atoms with Gasteiger partial charge in [-0.1, -0.05) is 0 Å². The molecular formula is C11H14F3N3O3. The Morgan fingerprint density at radius 2 is 2.20 bits per heavy atom. The van der Waals surface area contributed by atoms with E-state index in [4.69, 9.17) is 4.74 Å². The van der Waals surface area contributed by atoms with Crippen LogP contribution in [0.25, 0.3) is 0 Å². The largest absolute Gasteiger partial charge is 0.433 e. The molecule has 0 aliphatic carbocycles. The van der Waals surface area contributed by atoms with E-state index >= 15 is 0 Å². The van der Waals surface area contributed by atoms with Crippen LogP contribution >= 0.6 is 0 Å². The molecule has 1 heterocycles. The number of hydrogen-bond donors (Lipinski definition) is 1. The zero-order valence-corrected chi connectivity index (χ0v) is 10.9. The summed E-state index contributed by atoms with van der Waals surface area (Å²) < 4.78 is 42.8. The molecule has 1 rings (SSSR count). The Bertz CT molecular complexity index is 480. The summed E-state index contributed by atoms with van der Waals surface area (Å²) in [5, 5.41) is 13.4. The highest BCUT2D eigenvalue weighted by molar-refractivity contribution is 5.61. The molecule has 112 valence electrons. The van der Waals surface area contributed by atoms with Crippen LogP contribution < -0.4 is 5.32 Å². The van der Waals surface area contributed by atoms with Crippen molar-refractivity contribution in [2.75, 3.05) is 18.5 Å². The molecule has 0 aromatic carbocycles. The predicted molar refractivity (Wildman–Crippen MR) is 65.5 cm³/mol. The van der Waals surface area contributed by atoms with Crippen molar-refractivity contribution in [3.63, 3.8) is 0 Å². The smallest absolute Gasteiger partial charge is 0.380 e. The lowest BCUT2D eigenvalue weighted by Gasteiger charge is -2.16. The summed E-state index contributed by atoms with van der Waals surface area (Å²) in [5.74, 6) is 0. The Morgan fingerprint density at radius 1 is 1.55 bits per heavy atom. The van der Waals surface area contributed by atoms with E-state index in [0.29, 0.717) is 18.9 Å². The van der Waals surface area contributed by atoms with Crippen LogP contribution in [0.2, 0.25) is 0 Å². The second kappa shape index (κ2) is 6.51. The fourth-order valence-electron chi connectivity index (χ4n) is 1.47. The Labute approximate surface area is 113 Å². The maximum absolute atomic E-state index is 12.6. The Balaban J connectivity index is 3.03. The van der Waals surface area contributed by atoms with Crippen molar-refractivity contribution in [2.45, 2.75) is 26.1 Å². The van der Waals surface area contributed by atoms with Gasteiger partial charge in [0.15, 0.2) is 0 Å². The third-order valence-electron chi connectivity index (χ3n) is 2.34. The quantitative estimate of drug-likeness (QED) is 0.644. The molecule has 9 heteroatoms. The summed E-state index contributed by atoms with van der Waals surface area (Å²) in [6.07, 6.45) is -4.06. The molecule has 1 aromatic rings. The van der Waals surface area contributed by atoms with Crippen molar-refractivity contribution in [1.82, 2.24) is 4.98 Å². The first-order chi connectivity index (χ1) is 9.25. The van der Waals surface area contributed by atoms with Gasteiger partial charge < -0.3 is 10.1 Å². The molecule has 20 heavy (non-hydrogen) atoms. The van der Waals surface area contributed by atoms with Crippen molar-refractivity contribution < 1.29 is 22.8 Å². The number of nitro groups is 1. The molecule has 0 saturated carbocycles. The summed E-state index contributed by atoms with van der Waals surface area (Å²) >= 11 is 0. The molecule has 6 nitrogen and oxygen atoms in total. The van der Waals surface area contributed by atoms with Crippen LogP contribution in [-0.2, 0) is 10.9 Å². The van der Waals surface area contributed by atoms with Gasteiger partial charge in [-0.15, -0.1) is 0 Å². The number of hydrogen-bond acceptors (Lipinski definition) is 5. The number of nitrogens with zero attached hydrogens (tertiary/aromatic N) is 2. The van der Waals surface area contributed by atoms with Crippen LogP contribution in [0.3, 0.4) is 0 Å². The van der Waals surface area contributed by atoms with E-state index in [0.717, 1.165) is 0 Å². The highest BCUT2D eigenvalue weighted by Crippen LogP contribution is 2.33. The average Bonchev–Trinajstić information content (AvgIpc) is 2.34. The molecule has 1 atom stereocenters. The van der Waals surface area contributed by atoms with E-state index < -0.39 is 22.5 Å². The predicted octanol–water partition coefficient (Wildman–Crippen LogP) is 2.85. The van der Waals surface area contributed by atoms with Crippen molar-refractivity contribution in [3.8, 4) is 0 Å². The molecular weight excluding hydrogens is 279 g/mol. The van der Waals surface area contributed by atoms with Gasteiger partial charge in [0.05, 0.1) is 11.5 Å². The van der Waals surface area contributed by atoms with Crippen molar-refractivity contribution >= 4 is 11.4 Å². The lowest BCUT2D eigenvalue weighted by Crippen LogP contribution is -2.23. The summed E-state index contributed by atoms with van der Waals surface area (Å²) in [6.45, 7) is 4.08. The number of rotatable bonds is 6. The molecule has 1 unspecified atom stereocenters. The topological polar surface area (TPSA) is 77.3 Å². The molecule has 0 fully saturated rings. The molecule has 0 aliphatic rings. The van der Waals surface area contributed by atoms with Crippen molar-refractivity contribution in [3.05, 3.63) is 28.1 Å². The fourth-order valence-corrected chi connectivity index (χ4v) is 1.47. The van der Waals surface area contributed by atoms with E-state index in [-0.39, 0.29) is 18.3 Å². The van der Waals surface area contributed by atoms with Gasteiger partial charge in [-0.2, -0.15) is 13.2 Å². The van der Waals surface area contributed by atoms with Gasteiger partial charge in [0.2, 0.25) is 0 Å². The average molecular weight is 293 g/mol. The Hall–Kier alpha value is -1.90. The van der Waals surface area contributed by atoms with Gasteiger partial charge in [-0.3, -0.25) is 10.1 Å². The van der Waals surface area contributed by atoms with E-state index in [9.17, 15) is 23.3 Å². The van der Waals surface area contributed by atoms with Gasteiger partial charge in [0.25, 0.3) is 0 Å². The zero-order valence-electron chi connectivity index (χ0n) is 10.9. The first-order valence-electron chi connectivity index (χ1n) is 5.81. The van der Waals surface area contributed by atoms with E-state index in [2.05, 4.69) is 10.3 Å². The first kappa shape index (κ1) is 16.2. The lowest BCUT2D eigenvalue weighted by molar-refractivity contribution is -0.384. The number of alkyl halides is 3. The van der Waals surface area contributed by atoms with Crippen molar-refractivity contribution in [2.24, 2.45) is 0 Å². The summed E-state index contributed by atoms with van der Waals surface area (Å²) in [4.78, 5) is 13.1. The number of ether oxygens (including phenoxy) is 1. The number of aromatic nitrogens is 1. The molecule has 0 radical (unpaired) electrons. The normalized spacial score (nSPS) is 13.1. The van der Waals surface area contributed by atoms with Crippen LogP contribution in [0, 0.1) is 10.1 Å². The standard InChI is InChI=1S/C11H14F3N3O3/c1-3-20-6-7(2)16-8-4-10(11(12,13)14)15-5-9(8)17(18)19/h4-5,7H,3,6H2,1-2H3,(H,15,16). The maximum atomic E-state index is 12.6. The lowest BCUT2D eigenvalue weighted by atomic mass is 10.2. The Kier molecular flexibility index (Phi) is 5.26. The van der Waals surface area contributed by atoms with Crippen LogP contribution in [0.15, 0.2) is 12.3 Å².